The van der Waals surface area contributed by atoms with Crippen LogP contribution in [0.1, 0.15) is 29.6 Å². The molecule has 0 bridgehead atoms. The van der Waals surface area contributed by atoms with Gasteiger partial charge in [-0.2, -0.15) is 4.31 Å². The summed E-state index contributed by atoms with van der Waals surface area (Å²) in [5, 5.41) is 3.38. The third kappa shape index (κ3) is 3.65. The highest BCUT2D eigenvalue weighted by Crippen LogP contribution is 2.32. The number of sulfonamides is 1. The van der Waals surface area contributed by atoms with Gasteiger partial charge in [0.2, 0.25) is 10.0 Å². The molecule has 0 spiro atoms. The van der Waals surface area contributed by atoms with Crippen LogP contribution in [0.2, 0.25) is 5.02 Å². The Bertz CT molecular complexity index is 1120. The first-order valence-corrected chi connectivity index (χ1v) is 11.6. The first kappa shape index (κ1) is 19.3. The SMILES string of the molecule is O=C(Nc1ccc(Cl)c2ncsc12)c1ccc(S(=O)(=O)N2CCCCC2)cc1. The number of aromatic nitrogens is 1. The Labute approximate surface area is 172 Å². The fourth-order valence-corrected chi connectivity index (χ4v) is 5.81. The van der Waals surface area contributed by atoms with Crippen LogP contribution >= 0.6 is 22.9 Å². The molecule has 1 N–H and O–H groups in total. The number of carbonyl (C=O) groups excluding carboxylic acids is 1. The normalized spacial score (nSPS) is 15.6. The molecule has 4 rings (SSSR count). The number of thiazole rings is 1. The van der Waals surface area contributed by atoms with E-state index in [0.717, 1.165) is 24.0 Å². The largest absolute Gasteiger partial charge is 0.321 e. The van der Waals surface area contributed by atoms with E-state index in [1.807, 2.05) is 0 Å². The number of carbonyl (C=O) groups is 1. The van der Waals surface area contributed by atoms with Crippen molar-refractivity contribution < 1.29 is 13.2 Å². The average molecular weight is 436 g/mol. The van der Waals surface area contributed by atoms with Crippen LogP contribution in [0.4, 0.5) is 5.69 Å². The number of hydrogen-bond acceptors (Lipinski definition) is 5. The molecular formula is C19H18ClN3O3S2. The van der Waals surface area contributed by atoms with E-state index in [0.29, 0.717) is 34.9 Å². The van der Waals surface area contributed by atoms with Crippen LogP contribution in [0.25, 0.3) is 10.2 Å². The van der Waals surface area contributed by atoms with Crippen molar-refractivity contribution in [1.29, 1.82) is 0 Å². The molecule has 146 valence electrons. The third-order valence-electron chi connectivity index (χ3n) is 4.75. The fourth-order valence-electron chi connectivity index (χ4n) is 3.24. The zero-order chi connectivity index (χ0) is 19.7. The number of piperidine rings is 1. The van der Waals surface area contributed by atoms with E-state index < -0.39 is 10.0 Å². The Morgan fingerprint density at radius 1 is 1.07 bits per heavy atom. The molecule has 9 heteroatoms. The van der Waals surface area contributed by atoms with Gasteiger partial charge in [-0.05, 0) is 49.2 Å². The Hall–Kier alpha value is -2.00. The molecule has 1 aliphatic rings. The summed E-state index contributed by atoms with van der Waals surface area (Å²) < 4.78 is 27.7. The van der Waals surface area contributed by atoms with Crippen LogP contribution in [0.3, 0.4) is 0 Å². The summed E-state index contributed by atoms with van der Waals surface area (Å²) in [6, 6.07) is 9.47. The third-order valence-corrected chi connectivity index (χ3v) is 7.83. The zero-order valence-electron chi connectivity index (χ0n) is 14.9. The van der Waals surface area contributed by atoms with Gasteiger partial charge >= 0.3 is 0 Å². The van der Waals surface area contributed by atoms with Crippen molar-refractivity contribution in [3.63, 3.8) is 0 Å². The highest BCUT2D eigenvalue weighted by atomic mass is 35.5. The van der Waals surface area contributed by atoms with Gasteiger partial charge in [-0.25, -0.2) is 13.4 Å². The van der Waals surface area contributed by atoms with Crippen molar-refractivity contribution in [2.75, 3.05) is 18.4 Å². The Morgan fingerprint density at radius 3 is 2.50 bits per heavy atom. The first-order valence-electron chi connectivity index (χ1n) is 8.90. The van der Waals surface area contributed by atoms with Crippen molar-refractivity contribution in [2.24, 2.45) is 0 Å². The lowest BCUT2D eigenvalue weighted by atomic mass is 10.2. The second-order valence-corrected chi connectivity index (χ2v) is 9.77. The van der Waals surface area contributed by atoms with E-state index in [9.17, 15) is 13.2 Å². The number of hydrogen-bond donors (Lipinski definition) is 1. The molecule has 0 saturated carbocycles. The van der Waals surface area contributed by atoms with Gasteiger partial charge in [0.1, 0.15) is 5.52 Å². The lowest BCUT2D eigenvalue weighted by Crippen LogP contribution is -2.35. The van der Waals surface area contributed by atoms with Crippen LogP contribution < -0.4 is 5.32 Å². The van der Waals surface area contributed by atoms with E-state index in [1.54, 1.807) is 17.6 Å². The predicted molar refractivity (Wildman–Crippen MR) is 112 cm³/mol. The van der Waals surface area contributed by atoms with Gasteiger partial charge in [-0.3, -0.25) is 4.79 Å². The lowest BCUT2D eigenvalue weighted by Gasteiger charge is -2.25. The minimum atomic E-state index is -3.51. The summed E-state index contributed by atoms with van der Waals surface area (Å²) in [5.74, 6) is -0.320. The highest BCUT2D eigenvalue weighted by molar-refractivity contribution is 7.89. The average Bonchev–Trinajstić information content (AvgIpc) is 3.22. The number of anilines is 1. The molecule has 1 aromatic heterocycles. The molecule has 1 fully saturated rings. The summed E-state index contributed by atoms with van der Waals surface area (Å²) in [5.41, 5.74) is 3.32. The molecule has 28 heavy (non-hydrogen) atoms. The summed E-state index contributed by atoms with van der Waals surface area (Å²) in [6.07, 6.45) is 2.82. The fraction of sp³-hybridized carbons (Fsp3) is 0.263. The monoisotopic (exact) mass is 435 g/mol. The van der Waals surface area contributed by atoms with Crippen LogP contribution in [0.5, 0.6) is 0 Å². The second-order valence-electron chi connectivity index (χ2n) is 6.57. The second kappa shape index (κ2) is 7.79. The van der Waals surface area contributed by atoms with Gasteiger partial charge < -0.3 is 5.32 Å². The topological polar surface area (TPSA) is 79.4 Å². The number of benzene rings is 2. The van der Waals surface area contributed by atoms with Crippen LogP contribution in [0, 0.1) is 0 Å². The van der Waals surface area contributed by atoms with Crippen molar-refractivity contribution >= 4 is 54.8 Å². The van der Waals surface area contributed by atoms with E-state index in [2.05, 4.69) is 10.3 Å². The molecular weight excluding hydrogens is 418 g/mol. The van der Waals surface area contributed by atoms with E-state index >= 15 is 0 Å². The van der Waals surface area contributed by atoms with Crippen LogP contribution in [-0.2, 0) is 10.0 Å². The maximum absolute atomic E-state index is 12.7. The maximum atomic E-state index is 12.7. The molecule has 2 heterocycles. The van der Waals surface area contributed by atoms with Crippen LogP contribution in [-0.4, -0.2) is 36.7 Å². The minimum Gasteiger partial charge on any atom is -0.321 e. The number of nitrogens with zero attached hydrogens (tertiary/aromatic N) is 2. The number of rotatable bonds is 4. The van der Waals surface area contributed by atoms with Gasteiger partial charge in [-0.1, -0.05) is 18.0 Å². The number of fused-ring (bicyclic) bond motifs is 1. The molecule has 6 nitrogen and oxygen atoms in total. The Morgan fingerprint density at radius 2 is 1.79 bits per heavy atom. The molecule has 1 saturated heterocycles. The maximum Gasteiger partial charge on any atom is 0.255 e. The summed E-state index contributed by atoms with van der Waals surface area (Å²) in [6.45, 7) is 1.10. The molecule has 0 radical (unpaired) electrons. The molecule has 2 aromatic carbocycles. The lowest BCUT2D eigenvalue weighted by molar-refractivity contribution is 0.102. The summed E-state index contributed by atoms with van der Waals surface area (Å²) in [7, 11) is -3.51. The molecule has 0 atom stereocenters. The van der Waals surface area contributed by atoms with Crippen molar-refractivity contribution in [3.8, 4) is 0 Å². The van der Waals surface area contributed by atoms with Gasteiger partial charge in [-0.15, -0.1) is 11.3 Å². The van der Waals surface area contributed by atoms with Crippen molar-refractivity contribution in [2.45, 2.75) is 24.2 Å². The smallest absolute Gasteiger partial charge is 0.255 e. The van der Waals surface area contributed by atoms with E-state index in [-0.39, 0.29) is 10.8 Å². The standard InChI is InChI=1S/C19H18ClN3O3S2/c20-15-8-9-16(18-17(15)21-12-27-18)22-19(24)13-4-6-14(7-5-13)28(25,26)23-10-2-1-3-11-23/h4-9,12H,1-3,10-11H2,(H,22,24). The van der Waals surface area contributed by atoms with Crippen LogP contribution in [0.15, 0.2) is 46.8 Å². The van der Waals surface area contributed by atoms with E-state index in [1.165, 1.54) is 39.9 Å². The first-order chi connectivity index (χ1) is 13.5. The van der Waals surface area contributed by atoms with Gasteiger partial charge in [0.25, 0.3) is 5.91 Å². The van der Waals surface area contributed by atoms with Crippen molar-refractivity contribution in [3.05, 3.63) is 52.5 Å². The molecule has 3 aromatic rings. The van der Waals surface area contributed by atoms with E-state index in [4.69, 9.17) is 11.6 Å². The Balaban J connectivity index is 1.54. The predicted octanol–water partition coefficient (Wildman–Crippen LogP) is 4.38. The summed E-state index contributed by atoms with van der Waals surface area (Å²) >= 11 is 7.51. The number of amides is 1. The molecule has 1 aliphatic heterocycles. The number of halogens is 1. The van der Waals surface area contributed by atoms with Gasteiger partial charge in [0.15, 0.2) is 0 Å². The molecule has 0 unspecified atom stereocenters. The summed E-state index contributed by atoms with van der Waals surface area (Å²) in [4.78, 5) is 17.0. The van der Waals surface area contributed by atoms with Crippen molar-refractivity contribution in [1.82, 2.24) is 9.29 Å². The zero-order valence-corrected chi connectivity index (χ0v) is 17.3. The van der Waals surface area contributed by atoms with Gasteiger partial charge in [0, 0.05) is 18.7 Å². The quantitative estimate of drug-likeness (QED) is 0.659. The molecule has 1 amide bonds. The minimum absolute atomic E-state index is 0.210. The Kier molecular flexibility index (Phi) is 5.37. The van der Waals surface area contributed by atoms with Gasteiger partial charge in [0.05, 0.1) is 25.8 Å². The highest BCUT2D eigenvalue weighted by Gasteiger charge is 2.26. The molecule has 0 aliphatic carbocycles. The number of nitrogens with one attached hydrogen (secondary N) is 1.